The Morgan fingerprint density at radius 3 is 2.53 bits per heavy atom. The van der Waals surface area contributed by atoms with Crippen LogP contribution in [0.25, 0.3) is 0 Å². The molecule has 1 spiro atoms. The van der Waals surface area contributed by atoms with Crippen molar-refractivity contribution >= 4 is 42.4 Å². The second-order valence-corrected chi connectivity index (χ2v) is 19.5. The van der Waals surface area contributed by atoms with Gasteiger partial charge in [-0.25, -0.2) is 0 Å². The van der Waals surface area contributed by atoms with Gasteiger partial charge in [-0.05, 0) is 82.3 Å². The highest BCUT2D eigenvalue weighted by atomic mass is 35.5. The highest BCUT2D eigenvalue weighted by molar-refractivity contribution is 6.91. The van der Waals surface area contributed by atoms with Crippen LogP contribution in [0.5, 0.6) is 5.75 Å². The molecule has 3 heterocycles. The molecule has 2 aromatic rings. The molecular formula is C38H51ClN2O5Si. The highest BCUT2D eigenvalue weighted by Crippen LogP contribution is 2.60. The Balaban J connectivity index is 1.55. The molecule has 0 radical (unpaired) electrons. The molecule has 0 aliphatic carbocycles. The summed E-state index contributed by atoms with van der Waals surface area (Å²) in [6.45, 7) is 14.1. The summed E-state index contributed by atoms with van der Waals surface area (Å²) in [5, 5.41) is 11.8. The van der Waals surface area contributed by atoms with E-state index in [0.29, 0.717) is 18.1 Å². The molecule has 47 heavy (non-hydrogen) atoms. The standard InChI is InChI=1S/C38H51ClN2O5Si/c1-25(2)10-8-11-26(3)19-21-41-33-18-13-28(39)22-32(33)38(37(41)44)27(4)36(47(6,7)31-16-14-30(45-5)15-17-31)34(46-38)23-35(43)40-20-9-12-29(40)24-42/h10,13-19,22,27,29,34,36,42H,8-9,11-12,20-21,23-24H2,1-7H3/b26-19+/t27-,29+,34+,36-,38+/m1/s1. The summed E-state index contributed by atoms with van der Waals surface area (Å²) in [4.78, 5) is 32.5. The largest absolute Gasteiger partial charge is 0.497 e. The number of hydrogen-bond donors (Lipinski definition) is 1. The third-order valence-corrected chi connectivity index (χ3v) is 15.4. The van der Waals surface area contributed by atoms with Gasteiger partial charge in [0.15, 0.2) is 5.60 Å². The monoisotopic (exact) mass is 678 g/mol. The van der Waals surface area contributed by atoms with Crippen LogP contribution in [0.2, 0.25) is 23.7 Å². The Kier molecular flexibility index (Phi) is 10.8. The maximum Gasteiger partial charge on any atom is 0.264 e. The number of anilines is 1. The fraction of sp³-hybridized carbons (Fsp3) is 0.526. The van der Waals surface area contributed by atoms with Crippen LogP contribution in [-0.4, -0.2) is 68.8 Å². The molecule has 0 saturated carbocycles. The number of halogens is 1. The fourth-order valence-corrected chi connectivity index (χ4v) is 12.4. The molecule has 254 valence electrons. The maximum absolute atomic E-state index is 14.9. The summed E-state index contributed by atoms with van der Waals surface area (Å²) in [5.74, 6) is 0.443. The minimum atomic E-state index is -2.40. The first-order chi connectivity index (χ1) is 22.3. The van der Waals surface area contributed by atoms with E-state index in [-0.39, 0.29) is 42.3 Å². The van der Waals surface area contributed by atoms with Crippen molar-refractivity contribution in [1.82, 2.24) is 4.90 Å². The van der Waals surface area contributed by atoms with Crippen molar-refractivity contribution in [3.05, 3.63) is 76.3 Å². The van der Waals surface area contributed by atoms with Crippen LogP contribution >= 0.6 is 11.6 Å². The molecule has 0 unspecified atom stereocenters. The first-order valence-electron chi connectivity index (χ1n) is 17.0. The molecule has 7 nitrogen and oxygen atoms in total. The SMILES string of the molecule is COc1ccc([Si](C)(C)[C@H]2[C@H](CC(=O)N3CCC[C@H]3CO)O[C@@]3(C(=O)N(C/C=C(\C)CCC=C(C)C)c4ccc(Cl)cc43)[C@@H]2C)cc1. The zero-order chi connectivity index (χ0) is 34.1. The summed E-state index contributed by atoms with van der Waals surface area (Å²) in [5.41, 5.74) is 2.80. The number of rotatable bonds is 11. The van der Waals surface area contributed by atoms with Crippen molar-refractivity contribution in [2.45, 2.75) is 96.2 Å². The van der Waals surface area contributed by atoms with Gasteiger partial charge in [-0.3, -0.25) is 9.59 Å². The van der Waals surface area contributed by atoms with Crippen LogP contribution in [0, 0.1) is 5.92 Å². The number of carbonyl (C=O) groups excluding carboxylic acids is 2. The lowest BCUT2D eigenvalue weighted by Crippen LogP contribution is -2.52. The predicted octanol–water partition coefficient (Wildman–Crippen LogP) is 6.98. The van der Waals surface area contributed by atoms with Gasteiger partial charge < -0.3 is 24.4 Å². The van der Waals surface area contributed by atoms with Crippen LogP contribution in [0.1, 0.15) is 65.4 Å². The molecule has 0 bridgehead atoms. The Bertz CT molecular complexity index is 1530. The number of likely N-dealkylation sites (tertiary alicyclic amines) is 1. The third-order valence-electron chi connectivity index (χ3n) is 10.8. The quantitative estimate of drug-likeness (QED) is 0.205. The smallest absolute Gasteiger partial charge is 0.264 e. The Hall–Kier alpha value is -2.91. The molecule has 1 N–H and O–H groups in total. The van der Waals surface area contributed by atoms with Gasteiger partial charge in [0.25, 0.3) is 5.91 Å². The summed E-state index contributed by atoms with van der Waals surface area (Å²) in [6, 6.07) is 13.7. The molecule has 3 aliphatic rings. The molecule has 5 rings (SSSR count). The second kappa shape index (κ2) is 14.3. The van der Waals surface area contributed by atoms with E-state index >= 15 is 0 Å². The van der Waals surface area contributed by atoms with E-state index in [1.807, 2.05) is 40.1 Å². The molecule has 9 heteroatoms. The first kappa shape index (κ1) is 35.4. The molecular weight excluding hydrogens is 628 g/mol. The number of methoxy groups -OCH3 is 1. The van der Waals surface area contributed by atoms with E-state index in [2.05, 4.69) is 65.1 Å². The molecule has 3 aliphatic heterocycles. The van der Waals surface area contributed by atoms with E-state index < -0.39 is 19.8 Å². The average Bonchev–Trinajstić information content (AvgIpc) is 3.70. The number of benzene rings is 2. The number of aliphatic hydroxyl groups is 1. The predicted molar refractivity (Wildman–Crippen MR) is 192 cm³/mol. The molecule has 2 aromatic carbocycles. The third kappa shape index (κ3) is 6.71. The fourth-order valence-electron chi connectivity index (χ4n) is 8.25. The van der Waals surface area contributed by atoms with Crippen molar-refractivity contribution < 1.29 is 24.2 Å². The second-order valence-electron chi connectivity index (χ2n) is 14.4. The van der Waals surface area contributed by atoms with Crippen molar-refractivity contribution in [1.29, 1.82) is 0 Å². The number of ether oxygens (including phenoxy) is 2. The van der Waals surface area contributed by atoms with Gasteiger partial charge >= 0.3 is 0 Å². The molecule has 2 fully saturated rings. The maximum atomic E-state index is 14.9. The van der Waals surface area contributed by atoms with E-state index in [1.165, 1.54) is 16.3 Å². The summed E-state index contributed by atoms with van der Waals surface area (Å²) < 4.78 is 12.6. The average molecular weight is 679 g/mol. The van der Waals surface area contributed by atoms with Crippen LogP contribution in [0.15, 0.2) is 65.8 Å². The van der Waals surface area contributed by atoms with Crippen LogP contribution < -0.4 is 14.8 Å². The number of amides is 2. The van der Waals surface area contributed by atoms with Gasteiger partial charge in [0.05, 0.1) is 46.0 Å². The number of nitrogens with zero attached hydrogens (tertiary/aromatic N) is 2. The van der Waals surface area contributed by atoms with Crippen molar-refractivity contribution in [2.75, 3.05) is 31.7 Å². The minimum Gasteiger partial charge on any atom is -0.497 e. The number of carbonyl (C=O) groups is 2. The summed E-state index contributed by atoms with van der Waals surface area (Å²) >= 11 is 6.64. The molecule has 2 amide bonds. The van der Waals surface area contributed by atoms with Gasteiger partial charge in [-0.1, -0.05) is 72.2 Å². The van der Waals surface area contributed by atoms with E-state index in [9.17, 15) is 14.7 Å². The number of aliphatic hydroxyl groups excluding tert-OH is 1. The zero-order valence-corrected chi connectivity index (χ0v) is 30.8. The van der Waals surface area contributed by atoms with Gasteiger partial charge in [0.2, 0.25) is 5.91 Å². The number of fused-ring (bicyclic) bond motifs is 2. The van der Waals surface area contributed by atoms with Gasteiger partial charge in [0.1, 0.15) is 5.75 Å². The first-order valence-corrected chi connectivity index (χ1v) is 20.4. The zero-order valence-electron chi connectivity index (χ0n) is 29.0. The lowest BCUT2D eigenvalue weighted by Gasteiger charge is -2.37. The van der Waals surface area contributed by atoms with Gasteiger partial charge in [-0.2, -0.15) is 0 Å². The Labute approximate surface area is 286 Å². The topological polar surface area (TPSA) is 79.3 Å². The lowest BCUT2D eigenvalue weighted by molar-refractivity contribution is -0.149. The molecule has 0 aromatic heterocycles. The lowest BCUT2D eigenvalue weighted by atomic mass is 9.82. The summed E-state index contributed by atoms with van der Waals surface area (Å²) in [7, 11) is -0.742. The van der Waals surface area contributed by atoms with E-state index in [1.54, 1.807) is 7.11 Å². The minimum absolute atomic E-state index is 0.0242. The van der Waals surface area contributed by atoms with Crippen molar-refractivity contribution in [3.8, 4) is 5.75 Å². The van der Waals surface area contributed by atoms with Crippen LogP contribution in [-0.2, 0) is 19.9 Å². The Morgan fingerprint density at radius 1 is 1.15 bits per heavy atom. The van der Waals surface area contributed by atoms with E-state index in [4.69, 9.17) is 21.1 Å². The molecule has 2 saturated heterocycles. The van der Waals surface area contributed by atoms with Crippen LogP contribution in [0.4, 0.5) is 5.69 Å². The normalized spacial score (nSPS) is 25.9. The van der Waals surface area contributed by atoms with Crippen molar-refractivity contribution in [2.24, 2.45) is 5.92 Å². The van der Waals surface area contributed by atoms with E-state index in [0.717, 1.165) is 42.7 Å². The molecule has 5 atom stereocenters. The Morgan fingerprint density at radius 2 is 1.87 bits per heavy atom. The van der Waals surface area contributed by atoms with Crippen molar-refractivity contribution in [3.63, 3.8) is 0 Å². The van der Waals surface area contributed by atoms with Gasteiger partial charge in [-0.15, -0.1) is 0 Å². The van der Waals surface area contributed by atoms with Crippen LogP contribution in [0.3, 0.4) is 0 Å². The van der Waals surface area contributed by atoms with Gasteiger partial charge in [0, 0.05) is 29.6 Å². The number of allylic oxidation sites excluding steroid dienone is 3. The summed E-state index contributed by atoms with van der Waals surface area (Å²) in [6.07, 6.45) is 7.61. The highest BCUT2D eigenvalue weighted by Gasteiger charge is 2.66. The number of hydrogen-bond acceptors (Lipinski definition) is 5.